The molecule has 4 rings (SSSR count). The van der Waals surface area contributed by atoms with Crippen LogP contribution in [0.4, 0.5) is 5.95 Å². The second kappa shape index (κ2) is 9.10. The molecule has 0 bridgehead atoms. The van der Waals surface area contributed by atoms with Crippen molar-refractivity contribution in [3.63, 3.8) is 0 Å². The molecule has 2 aromatic carbocycles. The van der Waals surface area contributed by atoms with E-state index in [1.54, 1.807) is 48.5 Å². The zero-order valence-electron chi connectivity index (χ0n) is 17.6. The van der Waals surface area contributed by atoms with Gasteiger partial charge in [-0.3, -0.25) is 9.36 Å². The van der Waals surface area contributed by atoms with Gasteiger partial charge in [0.1, 0.15) is 6.29 Å². The van der Waals surface area contributed by atoms with Crippen LogP contribution in [0.5, 0.6) is 5.75 Å². The lowest BCUT2D eigenvalue weighted by molar-refractivity contribution is -0.104. The Morgan fingerprint density at radius 2 is 2.00 bits per heavy atom. The molecule has 0 aliphatic carbocycles. The summed E-state index contributed by atoms with van der Waals surface area (Å²) in [4.78, 5) is 26.3. The first-order valence-corrected chi connectivity index (χ1v) is 9.83. The highest BCUT2D eigenvalue weighted by Gasteiger charge is 2.15. The zero-order chi connectivity index (χ0) is 22.5. The Hall–Kier alpha value is -4.51. The summed E-state index contributed by atoms with van der Waals surface area (Å²) in [7, 11) is 3.50. The molecule has 0 amide bonds. The Kier molecular flexibility index (Phi) is 5.90. The van der Waals surface area contributed by atoms with Crippen LogP contribution in [0, 0.1) is 11.3 Å². The fraction of sp³-hybridized carbons (Fsp3) is 0.125. The number of hydrogen-bond acceptors (Lipinski definition) is 7. The summed E-state index contributed by atoms with van der Waals surface area (Å²) in [5.74, 6) is 1.87. The van der Waals surface area contributed by atoms with E-state index in [9.17, 15) is 10.1 Å². The lowest BCUT2D eigenvalue weighted by Crippen LogP contribution is -2.19. The number of allylic oxidation sites excluding steroid dienone is 1. The Morgan fingerprint density at radius 3 is 2.72 bits per heavy atom. The topological polar surface area (TPSA) is 96.9 Å². The van der Waals surface area contributed by atoms with Crippen LogP contribution < -0.4 is 9.64 Å². The molecule has 8 heteroatoms. The van der Waals surface area contributed by atoms with Crippen LogP contribution in [-0.2, 0) is 11.3 Å². The van der Waals surface area contributed by atoms with Crippen molar-refractivity contribution in [3.8, 4) is 23.2 Å². The molecular formula is C24H20N6O2. The summed E-state index contributed by atoms with van der Waals surface area (Å²) in [6.45, 7) is 0.563. The largest absolute Gasteiger partial charge is 0.494 e. The van der Waals surface area contributed by atoms with E-state index in [-0.39, 0.29) is 0 Å². The highest BCUT2D eigenvalue weighted by molar-refractivity contribution is 5.84. The van der Waals surface area contributed by atoms with Gasteiger partial charge in [-0.2, -0.15) is 5.26 Å². The third-order valence-corrected chi connectivity index (χ3v) is 4.92. The number of aldehydes is 1. The number of nitrogens with zero attached hydrogens (tertiary/aromatic N) is 6. The quantitative estimate of drug-likeness (QED) is 0.330. The van der Waals surface area contributed by atoms with Gasteiger partial charge in [0, 0.05) is 25.4 Å². The van der Waals surface area contributed by atoms with Crippen LogP contribution in [0.1, 0.15) is 11.1 Å². The number of ether oxygens (including phenoxy) is 1. The summed E-state index contributed by atoms with van der Waals surface area (Å²) < 4.78 is 6.93. The van der Waals surface area contributed by atoms with E-state index in [4.69, 9.17) is 9.72 Å². The Bertz CT molecular complexity index is 1340. The number of carbonyl (C=O) groups is 1. The van der Waals surface area contributed by atoms with Crippen LogP contribution >= 0.6 is 0 Å². The second-order valence-corrected chi connectivity index (χ2v) is 7.08. The zero-order valence-corrected chi connectivity index (χ0v) is 17.6. The van der Waals surface area contributed by atoms with E-state index in [0.717, 1.165) is 22.2 Å². The SMILES string of the molecule is COc1cnc(-c2cccc(CN(C)c3nc4ccc(C#N)cc4n3/C=C\C=O)c2)nc1. The van der Waals surface area contributed by atoms with Gasteiger partial charge in [-0.25, -0.2) is 15.0 Å². The summed E-state index contributed by atoms with van der Waals surface area (Å²) in [6.07, 6.45) is 7.04. The molecular weight excluding hydrogens is 404 g/mol. The minimum absolute atomic E-state index is 0.527. The predicted octanol–water partition coefficient (Wildman–Crippen LogP) is 3.68. The van der Waals surface area contributed by atoms with Crippen LogP contribution in [0.15, 0.2) is 60.9 Å². The van der Waals surface area contributed by atoms with E-state index in [1.807, 2.05) is 36.2 Å². The Morgan fingerprint density at radius 1 is 1.19 bits per heavy atom. The Balaban J connectivity index is 1.66. The molecule has 0 fully saturated rings. The highest BCUT2D eigenvalue weighted by Crippen LogP contribution is 2.25. The molecule has 0 saturated carbocycles. The summed E-state index contributed by atoms with van der Waals surface area (Å²) in [5, 5.41) is 9.24. The molecule has 4 aromatic rings. The molecule has 0 N–H and O–H groups in total. The van der Waals surface area contributed by atoms with Gasteiger partial charge in [0.05, 0.1) is 42.2 Å². The molecule has 2 aromatic heterocycles. The van der Waals surface area contributed by atoms with Crippen LogP contribution in [0.2, 0.25) is 0 Å². The average molecular weight is 424 g/mol. The molecule has 2 heterocycles. The summed E-state index contributed by atoms with van der Waals surface area (Å²) >= 11 is 0. The van der Waals surface area contributed by atoms with Crippen molar-refractivity contribution in [1.29, 1.82) is 5.26 Å². The van der Waals surface area contributed by atoms with E-state index < -0.39 is 0 Å². The summed E-state index contributed by atoms with van der Waals surface area (Å²) in [6, 6.07) is 15.4. The molecule has 0 unspecified atom stereocenters. The number of fused-ring (bicyclic) bond motifs is 1. The molecule has 8 nitrogen and oxygen atoms in total. The third kappa shape index (κ3) is 4.18. The fourth-order valence-corrected chi connectivity index (χ4v) is 3.41. The van der Waals surface area contributed by atoms with Gasteiger partial charge in [0.15, 0.2) is 11.6 Å². The number of hydrogen-bond donors (Lipinski definition) is 0. The number of methoxy groups -OCH3 is 1. The van der Waals surface area contributed by atoms with Crippen molar-refractivity contribution in [2.45, 2.75) is 6.54 Å². The predicted molar refractivity (Wildman–Crippen MR) is 122 cm³/mol. The van der Waals surface area contributed by atoms with Crippen molar-refractivity contribution in [1.82, 2.24) is 19.5 Å². The number of imidazole rings is 1. The fourth-order valence-electron chi connectivity index (χ4n) is 3.41. The Labute approximate surface area is 185 Å². The molecule has 0 aliphatic heterocycles. The maximum Gasteiger partial charge on any atom is 0.210 e. The normalized spacial score (nSPS) is 10.9. The van der Waals surface area contributed by atoms with Crippen molar-refractivity contribution in [3.05, 3.63) is 72.1 Å². The van der Waals surface area contributed by atoms with Gasteiger partial charge >= 0.3 is 0 Å². The molecule has 0 atom stereocenters. The molecule has 32 heavy (non-hydrogen) atoms. The van der Waals surface area contributed by atoms with E-state index >= 15 is 0 Å². The number of anilines is 1. The number of nitriles is 1. The average Bonchev–Trinajstić information content (AvgIpc) is 3.20. The molecule has 0 saturated heterocycles. The first-order chi connectivity index (χ1) is 15.6. The van der Waals surface area contributed by atoms with Crippen molar-refractivity contribution in [2.24, 2.45) is 0 Å². The number of carbonyl (C=O) groups excluding carboxylic acids is 1. The van der Waals surface area contributed by atoms with E-state index in [1.165, 1.54) is 6.08 Å². The van der Waals surface area contributed by atoms with Crippen LogP contribution in [-0.4, -0.2) is 40.0 Å². The minimum Gasteiger partial charge on any atom is -0.494 e. The number of rotatable bonds is 7. The van der Waals surface area contributed by atoms with Gasteiger partial charge in [0.2, 0.25) is 5.95 Å². The van der Waals surface area contributed by atoms with E-state index in [0.29, 0.717) is 35.9 Å². The third-order valence-electron chi connectivity index (χ3n) is 4.92. The summed E-state index contributed by atoms with van der Waals surface area (Å²) in [5.41, 5.74) is 3.96. The highest BCUT2D eigenvalue weighted by atomic mass is 16.5. The lowest BCUT2D eigenvalue weighted by Gasteiger charge is -2.19. The van der Waals surface area contributed by atoms with Gasteiger partial charge in [-0.15, -0.1) is 0 Å². The monoisotopic (exact) mass is 424 g/mol. The molecule has 0 spiro atoms. The first-order valence-electron chi connectivity index (χ1n) is 9.83. The van der Waals surface area contributed by atoms with Crippen molar-refractivity contribution >= 4 is 29.5 Å². The second-order valence-electron chi connectivity index (χ2n) is 7.08. The minimum atomic E-state index is 0.527. The maximum atomic E-state index is 10.9. The number of aromatic nitrogens is 4. The first kappa shape index (κ1) is 20.8. The van der Waals surface area contributed by atoms with E-state index in [2.05, 4.69) is 16.0 Å². The lowest BCUT2D eigenvalue weighted by atomic mass is 10.1. The smallest absolute Gasteiger partial charge is 0.210 e. The molecule has 0 aliphatic rings. The van der Waals surface area contributed by atoms with Gasteiger partial charge < -0.3 is 9.64 Å². The van der Waals surface area contributed by atoms with Gasteiger partial charge in [-0.05, 0) is 35.9 Å². The van der Waals surface area contributed by atoms with Crippen LogP contribution in [0.3, 0.4) is 0 Å². The van der Waals surface area contributed by atoms with Crippen LogP contribution in [0.25, 0.3) is 28.6 Å². The van der Waals surface area contributed by atoms with Crippen molar-refractivity contribution < 1.29 is 9.53 Å². The maximum absolute atomic E-state index is 10.9. The number of benzene rings is 2. The van der Waals surface area contributed by atoms with Gasteiger partial charge in [-0.1, -0.05) is 18.2 Å². The van der Waals surface area contributed by atoms with Crippen molar-refractivity contribution in [2.75, 3.05) is 19.1 Å². The van der Waals surface area contributed by atoms with Gasteiger partial charge in [0.25, 0.3) is 0 Å². The molecule has 0 radical (unpaired) electrons. The molecule has 158 valence electrons. The standard InChI is InChI=1S/C24H20N6O2/c1-29(16-18-5-3-6-19(11-18)23-26-14-20(32-2)15-27-23)24-28-21-8-7-17(13-25)12-22(21)30(24)9-4-10-31/h3-12,14-15H,16H2,1-2H3/b9-4-.